The molecule has 0 aliphatic heterocycles. The molecule has 5 rings (SSSR count). The number of benzene rings is 2. The first-order valence-electron chi connectivity index (χ1n) is 10.9. The minimum atomic E-state index is -0.930. The Labute approximate surface area is 218 Å². The second-order valence-electron chi connectivity index (χ2n) is 8.21. The SMILES string of the molecule is Cn1cc2cc(Nc3nc(=O)n(-c4cncc(C#N)c4)c(=O)n3Cc3ccc(F)c(C#N)c3)c(Cl)cc2n1. The van der Waals surface area contributed by atoms with Gasteiger partial charge in [0.05, 0.1) is 45.8 Å². The van der Waals surface area contributed by atoms with Crippen molar-refractivity contribution in [3.8, 4) is 17.8 Å². The van der Waals surface area contributed by atoms with Crippen LogP contribution >= 0.6 is 11.6 Å². The molecule has 13 heteroatoms. The molecule has 0 saturated carbocycles. The number of fused-ring (bicyclic) bond motifs is 1. The fourth-order valence-electron chi connectivity index (χ4n) is 3.89. The van der Waals surface area contributed by atoms with Crippen LogP contribution in [-0.4, -0.2) is 28.9 Å². The zero-order valence-electron chi connectivity index (χ0n) is 19.6. The molecule has 0 atom stereocenters. The van der Waals surface area contributed by atoms with E-state index >= 15 is 0 Å². The van der Waals surface area contributed by atoms with Gasteiger partial charge in [0, 0.05) is 24.8 Å². The van der Waals surface area contributed by atoms with E-state index in [2.05, 4.69) is 20.4 Å². The Bertz CT molecular complexity index is 1950. The zero-order valence-corrected chi connectivity index (χ0v) is 20.3. The third-order valence-corrected chi connectivity index (χ3v) is 5.94. The fraction of sp³-hybridized carbons (Fsp3) is 0.0800. The quantitative estimate of drug-likeness (QED) is 0.367. The number of nitrogens with one attached hydrogen (secondary N) is 1. The van der Waals surface area contributed by atoms with E-state index in [1.165, 1.54) is 30.6 Å². The molecule has 0 amide bonds. The van der Waals surface area contributed by atoms with E-state index < -0.39 is 17.2 Å². The molecule has 0 unspecified atom stereocenters. The maximum absolute atomic E-state index is 13.9. The van der Waals surface area contributed by atoms with Gasteiger partial charge in [-0.05, 0) is 35.9 Å². The van der Waals surface area contributed by atoms with Gasteiger partial charge < -0.3 is 5.32 Å². The summed E-state index contributed by atoms with van der Waals surface area (Å²) in [5.41, 5.74) is -0.374. The van der Waals surface area contributed by atoms with E-state index in [-0.39, 0.29) is 34.3 Å². The van der Waals surface area contributed by atoms with Crippen molar-refractivity contribution in [2.75, 3.05) is 5.32 Å². The summed E-state index contributed by atoms with van der Waals surface area (Å²) in [6.07, 6.45) is 4.31. The highest BCUT2D eigenvalue weighted by Crippen LogP contribution is 2.29. The van der Waals surface area contributed by atoms with E-state index in [0.717, 1.165) is 20.6 Å². The lowest BCUT2D eigenvalue weighted by molar-refractivity contribution is 0.620. The number of rotatable bonds is 5. The van der Waals surface area contributed by atoms with Gasteiger partial charge in [-0.3, -0.25) is 14.2 Å². The second-order valence-corrected chi connectivity index (χ2v) is 8.62. The van der Waals surface area contributed by atoms with Gasteiger partial charge in [0.25, 0.3) is 0 Å². The van der Waals surface area contributed by atoms with Crippen molar-refractivity contribution < 1.29 is 4.39 Å². The van der Waals surface area contributed by atoms with E-state index in [0.29, 0.717) is 16.8 Å². The summed E-state index contributed by atoms with van der Waals surface area (Å²) in [5.74, 6) is -0.852. The number of hydrogen-bond donors (Lipinski definition) is 1. The Hall–Kier alpha value is -5.33. The van der Waals surface area contributed by atoms with Crippen molar-refractivity contribution in [1.29, 1.82) is 10.5 Å². The molecule has 2 aromatic carbocycles. The van der Waals surface area contributed by atoms with E-state index in [1.807, 2.05) is 6.07 Å². The van der Waals surface area contributed by atoms with Crippen LogP contribution in [-0.2, 0) is 13.6 Å². The second kappa shape index (κ2) is 9.61. The smallest absolute Gasteiger partial charge is 0.324 e. The normalized spacial score (nSPS) is 10.8. The molecule has 0 bridgehead atoms. The lowest BCUT2D eigenvalue weighted by Crippen LogP contribution is -2.41. The first-order valence-corrected chi connectivity index (χ1v) is 11.3. The van der Waals surface area contributed by atoms with Crippen LogP contribution in [0.1, 0.15) is 16.7 Å². The molecule has 0 aliphatic rings. The monoisotopic (exact) mass is 527 g/mol. The van der Waals surface area contributed by atoms with Crippen molar-refractivity contribution in [2.45, 2.75) is 6.54 Å². The van der Waals surface area contributed by atoms with Gasteiger partial charge in [-0.2, -0.15) is 20.6 Å². The summed E-state index contributed by atoms with van der Waals surface area (Å²) in [5, 5.41) is 26.7. The predicted octanol–water partition coefficient (Wildman–Crippen LogP) is 3.00. The van der Waals surface area contributed by atoms with Gasteiger partial charge in [-0.15, -0.1) is 0 Å². The molecule has 0 saturated heterocycles. The number of nitriles is 2. The molecule has 0 radical (unpaired) electrons. The Morgan fingerprint density at radius 2 is 1.92 bits per heavy atom. The number of halogens is 2. The van der Waals surface area contributed by atoms with Crippen LogP contribution in [0.15, 0.2) is 64.6 Å². The van der Waals surface area contributed by atoms with Crippen molar-refractivity contribution >= 4 is 34.1 Å². The van der Waals surface area contributed by atoms with E-state index in [4.69, 9.17) is 11.6 Å². The Morgan fingerprint density at radius 1 is 1.11 bits per heavy atom. The zero-order chi connectivity index (χ0) is 27.0. The molecular formula is C25H15ClFN9O2. The van der Waals surface area contributed by atoms with Crippen molar-refractivity contribution in [1.82, 2.24) is 28.9 Å². The maximum Gasteiger partial charge on any atom is 0.359 e. The Balaban J connectivity index is 1.69. The molecule has 0 spiro atoms. The van der Waals surface area contributed by atoms with Crippen LogP contribution < -0.4 is 16.7 Å². The number of nitrogens with zero attached hydrogens (tertiary/aromatic N) is 8. The number of anilines is 2. The van der Waals surface area contributed by atoms with Crippen LogP contribution in [0.3, 0.4) is 0 Å². The van der Waals surface area contributed by atoms with E-state index in [9.17, 15) is 24.5 Å². The van der Waals surface area contributed by atoms with Gasteiger partial charge in [0.1, 0.15) is 18.0 Å². The van der Waals surface area contributed by atoms with Crippen LogP contribution in [0.4, 0.5) is 16.0 Å². The summed E-state index contributed by atoms with van der Waals surface area (Å²) in [7, 11) is 1.76. The third kappa shape index (κ3) is 4.48. The minimum Gasteiger partial charge on any atom is -0.324 e. The molecule has 3 heterocycles. The summed E-state index contributed by atoms with van der Waals surface area (Å²) < 4.78 is 17.4. The Kier molecular flexibility index (Phi) is 6.16. The van der Waals surface area contributed by atoms with Crippen LogP contribution in [0.5, 0.6) is 0 Å². The molecule has 5 aromatic rings. The van der Waals surface area contributed by atoms with Crippen LogP contribution in [0.2, 0.25) is 5.02 Å². The molecular weight excluding hydrogens is 513 g/mol. The van der Waals surface area contributed by atoms with Crippen LogP contribution in [0, 0.1) is 28.5 Å². The van der Waals surface area contributed by atoms with E-state index in [1.54, 1.807) is 36.1 Å². The lowest BCUT2D eigenvalue weighted by Gasteiger charge is -2.16. The van der Waals surface area contributed by atoms with Crippen molar-refractivity contribution in [3.05, 3.63) is 103 Å². The lowest BCUT2D eigenvalue weighted by atomic mass is 10.1. The number of aromatic nitrogens is 6. The molecule has 0 fully saturated rings. The average molecular weight is 528 g/mol. The first kappa shape index (κ1) is 24.4. The fourth-order valence-corrected chi connectivity index (χ4v) is 4.09. The average Bonchev–Trinajstić information content (AvgIpc) is 3.26. The number of pyridine rings is 1. The Morgan fingerprint density at radius 3 is 2.68 bits per heavy atom. The van der Waals surface area contributed by atoms with Crippen molar-refractivity contribution in [2.24, 2.45) is 7.05 Å². The molecule has 1 N–H and O–H groups in total. The van der Waals surface area contributed by atoms with Crippen LogP contribution in [0.25, 0.3) is 16.6 Å². The summed E-state index contributed by atoms with van der Waals surface area (Å²) in [6, 6.07) is 12.1. The van der Waals surface area contributed by atoms with Gasteiger partial charge in [-0.25, -0.2) is 18.5 Å². The highest BCUT2D eigenvalue weighted by molar-refractivity contribution is 6.34. The highest BCUT2D eigenvalue weighted by atomic mass is 35.5. The molecule has 3 aromatic heterocycles. The standard InChI is InChI=1S/C25H15ClFN9O2/c1-34-13-17-6-22(19(26)7-21(17)33-34)31-23-32-24(37)36(18-5-15(8-28)10-30-11-18)25(38)35(23)12-14-2-3-20(27)16(4-14)9-29/h2-7,10-11,13H,12H2,1H3,(H,31,32,37). The number of hydrogen-bond acceptors (Lipinski definition) is 8. The van der Waals surface area contributed by atoms with Gasteiger partial charge in [0.2, 0.25) is 5.95 Å². The molecule has 186 valence electrons. The van der Waals surface area contributed by atoms with Crippen molar-refractivity contribution in [3.63, 3.8) is 0 Å². The summed E-state index contributed by atoms with van der Waals surface area (Å²) in [6.45, 7) is -0.179. The molecule has 11 nitrogen and oxygen atoms in total. The highest BCUT2D eigenvalue weighted by Gasteiger charge is 2.18. The maximum atomic E-state index is 13.9. The van der Waals surface area contributed by atoms with Gasteiger partial charge in [0.15, 0.2) is 0 Å². The molecule has 38 heavy (non-hydrogen) atoms. The summed E-state index contributed by atoms with van der Waals surface area (Å²) in [4.78, 5) is 34.7. The van der Waals surface area contributed by atoms with Gasteiger partial charge in [-0.1, -0.05) is 17.7 Å². The largest absolute Gasteiger partial charge is 0.359 e. The third-order valence-electron chi connectivity index (χ3n) is 5.63. The first-order chi connectivity index (χ1) is 18.3. The van der Waals surface area contributed by atoms with Gasteiger partial charge >= 0.3 is 11.4 Å². The topological polar surface area (TPSA) is 147 Å². The summed E-state index contributed by atoms with van der Waals surface area (Å²) >= 11 is 6.45. The number of aryl methyl sites for hydroxylation is 1. The molecule has 0 aliphatic carbocycles. The predicted molar refractivity (Wildman–Crippen MR) is 136 cm³/mol. The minimum absolute atomic E-state index is 0.0403.